The van der Waals surface area contributed by atoms with Crippen LogP contribution in [-0.4, -0.2) is 21.0 Å². The third-order valence-corrected chi connectivity index (χ3v) is 5.37. The Kier molecular flexibility index (Phi) is 4.08. The molecule has 0 aliphatic heterocycles. The number of fused-ring (bicyclic) bond motifs is 3. The van der Waals surface area contributed by atoms with Gasteiger partial charge in [0.05, 0.1) is 22.9 Å². The molecule has 0 saturated heterocycles. The van der Waals surface area contributed by atoms with Crippen molar-refractivity contribution in [2.45, 2.75) is 6.92 Å². The first kappa shape index (κ1) is 16.9. The Morgan fingerprint density at radius 2 is 1.62 bits per heavy atom. The van der Waals surface area contributed by atoms with Gasteiger partial charge in [0.15, 0.2) is 0 Å². The highest BCUT2D eigenvalue weighted by atomic mass is 31.2. The molecule has 0 aliphatic carbocycles. The summed E-state index contributed by atoms with van der Waals surface area (Å²) in [5.41, 5.74) is 2.85. The average Bonchev–Trinajstić information content (AvgIpc) is 2.95. The van der Waals surface area contributed by atoms with Gasteiger partial charge < -0.3 is 19.1 Å². The third-order valence-electron chi connectivity index (χ3n) is 4.40. The summed E-state index contributed by atoms with van der Waals surface area (Å²) in [5, 5.41) is 2.23. The normalized spacial score (nSPS) is 12.0. The summed E-state index contributed by atoms with van der Waals surface area (Å²) in [5.74, 6) is 0.788. The van der Waals surface area contributed by atoms with E-state index in [1.165, 1.54) is 12.1 Å². The topological polar surface area (TPSA) is 71.7 Å². The summed E-state index contributed by atoms with van der Waals surface area (Å²) in [6.45, 7) is 2.53. The van der Waals surface area contributed by atoms with E-state index < -0.39 is 7.60 Å². The van der Waals surface area contributed by atoms with E-state index in [9.17, 15) is 14.4 Å². The van der Waals surface area contributed by atoms with Crippen LogP contribution in [0.3, 0.4) is 0 Å². The second-order valence-electron chi connectivity index (χ2n) is 6.02. The molecule has 4 rings (SSSR count). The Hall–Kier alpha value is -2.59. The second kappa shape index (κ2) is 6.29. The quantitative estimate of drug-likeness (QED) is 0.535. The highest BCUT2D eigenvalue weighted by Crippen LogP contribution is 2.36. The average molecular weight is 367 g/mol. The van der Waals surface area contributed by atoms with Crippen LogP contribution in [0.2, 0.25) is 0 Å². The molecule has 0 radical (unpaired) electrons. The molecule has 2 N–H and O–H groups in total. The Bertz CT molecular complexity index is 1140. The van der Waals surface area contributed by atoms with E-state index in [1.54, 1.807) is 12.1 Å². The maximum absolute atomic E-state index is 11.4. The summed E-state index contributed by atoms with van der Waals surface area (Å²) in [6.07, 6.45) is 0. The molecule has 0 bridgehead atoms. The first-order chi connectivity index (χ1) is 12.5. The second-order valence-corrected chi connectivity index (χ2v) is 7.63. The Morgan fingerprint density at radius 1 is 0.923 bits per heavy atom. The maximum atomic E-state index is 11.4. The maximum Gasteiger partial charge on any atom is 0.356 e. The third kappa shape index (κ3) is 2.80. The zero-order chi connectivity index (χ0) is 18.3. The van der Waals surface area contributed by atoms with Crippen molar-refractivity contribution in [3.8, 4) is 11.4 Å². The van der Waals surface area contributed by atoms with E-state index in [2.05, 4.69) is 10.6 Å². The fraction of sp³-hybridized carbons (Fsp3) is 0.100. The van der Waals surface area contributed by atoms with Crippen LogP contribution in [0.1, 0.15) is 6.92 Å². The number of aromatic nitrogens is 1. The number of benzene rings is 3. The lowest BCUT2D eigenvalue weighted by molar-refractivity contribution is 0.340. The van der Waals surface area contributed by atoms with Crippen LogP contribution in [0.5, 0.6) is 5.75 Å². The SMILES string of the molecule is CCOc1ccc2c3ccccc3n(-c3ccc(P(=O)(O)O)cc3)c2c1. The predicted octanol–water partition coefficient (Wildman–Crippen LogP) is 3.99. The molecule has 0 saturated carbocycles. The molecule has 1 heterocycles. The fourth-order valence-corrected chi connectivity index (χ4v) is 3.82. The number of hydrogen-bond donors (Lipinski definition) is 2. The minimum absolute atomic E-state index is 0.0111. The van der Waals surface area contributed by atoms with Crippen molar-refractivity contribution in [2.75, 3.05) is 6.61 Å². The molecular formula is C20H18NO4P. The monoisotopic (exact) mass is 367 g/mol. The van der Waals surface area contributed by atoms with Crippen LogP contribution in [-0.2, 0) is 4.57 Å². The standard InChI is InChI=1S/C20H18NO4P/c1-2-25-15-9-12-18-17-5-3-4-6-19(17)21(20(18)13-15)14-7-10-16(11-8-14)26(22,23)24/h3-13H,2H2,1H3,(H2,22,23,24). The van der Waals surface area contributed by atoms with Crippen LogP contribution in [0.4, 0.5) is 0 Å². The molecule has 26 heavy (non-hydrogen) atoms. The summed E-state index contributed by atoms with van der Waals surface area (Å²) < 4.78 is 19.2. The molecule has 5 nitrogen and oxygen atoms in total. The highest BCUT2D eigenvalue weighted by Gasteiger charge is 2.18. The lowest BCUT2D eigenvalue weighted by atomic mass is 10.1. The summed E-state index contributed by atoms with van der Waals surface area (Å²) in [4.78, 5) is 18.7. The van der Waals surface area contributed by atoms with Crippen molar-refractivity contribution in [3.63, 3.8) is 0 Å². The van der Waals surface area contributed by atoms with E-state index in [4.69, 9.17) is 4.74 Å². The van der Waals surface area contributed by atoms with Crippen LogP contribution in [0, 0.1) is 0 Å². The van der Waals surface area contributed by atoms with Gasteiger partial charge in [-0.15, -0.1) is 0 Å². The van der Waals surface area contributed by atoms with Crippen molar-refractivity contribution < 1.29 is 19.1 Å². The lowest BCUT2D eigenvalue weighted by Gasteiger charge is -2.10. The molecule has 6 heteroatoms. The largest absolute Gasteiger partial charge is 0.494 e. The van der Waals surface area contributed by atoms with Crippen molar-refractivity contribution in [3.05, 3.63) is 66.7 Å². The number of ether oxygens (including phenoxy) is 1. The van der Waals surface area contributed by atoms with Crippen molar-refractivity contribution in [1.29, 1.82) is 0 Å². The number of rotatable bonds is 4. The van der Waals surface area contributed by atoms with Gasteiger partial charge in [0.2, 0.25) is 0 Å². The van der Waals surface area contributed by atoms with E-state index in [0.717, 1.165) is 33.2 Å². The zero-order valence-corrected chi connectivity index (χ0v) is 15.1. The van der Waals surface area contributed by atoms with Crippen molar-refractivity contribution in [1.82, 2.24) is 4.57 Å². The molecule has 0 atom stereocenters. The molecule has 0 unspecified atom stereocenters. The van der Waals surface area contributed by atoms with Crippen molar-refractivity contribution in [2.24, 2.45) is 0 Å². The van der Waals surface area contributed by atoms with Gasteiger partial charge in [-0.05, 0) is 49.4 Å². The van der Waals surface area contributed by atoms with Crippen LogP contribution < -0.4 is 10.0 Å². The zero-order valence-electron chi connectivity index (χ0n) is 14.2. The van der Waals surface area contributed by atoms with Crippen LogP contribution in [0.25, 0.3) is 27.5 Å². The van der Waals surface area contributed by atoms with E-state index >= 15 is 0 Å². The van der Waals surface area contributed by atoms with E-state index in [1.807, 2.05) is 43.3 Å². The number of hydrogen-bond acceptors (Lipinski definition) is 2. The summed E-state index contributed by atoms with van der Waals surface area (Å²) in [6, 6.07) is 20.5. The van der Waals surface area contributed by atoms with Gasteiger partial charge in [-0.1, -0.05) is 18.2 Å². The van der Waals surface area contributed by atoms with Gasteiger partial charge in [0.25, 0.3) is 0 Å². The van der Waals surface area contributed by atoms with Crippen molar-refractivity contribution >= 4 is 34.7 Å². The van der Waals surface area contributed by atoms with Gasteiger partial charge in [-0.2, -0.15) is 0 Å². The number of nitrogens with zero attached hydrogens (tertiary/aromatic N) is 1. The molecule has 1 aromatic heterocycles. The van der Waals surface area contributed by atoms with E-state index in [0.29, 0.717) is 6.61 Å². The van der Waals surface area contributed by atoms with Gasteiger partial charge in [-0.25, -0.2) is 0 Å². The summed E-state index contributed by atoms with van der Waals surface area (Å²) >= 11 is 0. The molecule has 0 aliphatic rings. The molecule has 132 valence electrons. The molecule has 0 fully saturated rings. The van der Waals surface area contributed by atoms with Gasteiger partial charge in [0, 0.05) is 22.5 Å². The number of para-hydroxylation sites is 1. The predicted molar refractivity (Wildman–Crippen MR) is 104 cm³/mol. The lowest BCUT2D eigenvalue weighted by Crippen LogP contribution is -2.04. The molecular weight excluding hydrogens is 349 g/mol. The minimum Gasteiger partial charge on any atom is -0.494 e. The first-order valence-electron chi connectivity index (χ1n) is 8.31. The van der Waals surface area contributed by atoms with Crippen LogP contribution >= 0.6 is 7.60 Å². The summed E-state index contributed by atoms with van der Waals surface area (Å²) in [7, 11) is -4.26. The molecule has 3 aromatic carbocycles. The molecule has 0 spiro atoms. The van der Waals surface area contributed by atoms with Crippen LogP contribution in [0.15, 0.2) is 66.7 Å². The Morgan fingerprint density at radius 3 is 2.31 bits per heavy atom. The van der Waals surface area contributed by atoms with Gasteiger partial charge >= 0.3 is 7.60 Å². The minimum atomic E-state index is -4.26. The highest BCUT2D eigenvalue weighted by molar-refractivity contribution is 7.60. The molecule has 4 aromatic rings. The smallest absolute Gasteiger partial charge is 0.356 e. The fourth-order valence-electron chi connectivity index (χ4n) is 3.28. The van der Waals surface area contributed by atoms with E-state index in [-0.39, 0.29) is 5.30 Å². The molecule has 0 amide bonds. The first-order valence-corrected chi connectivity index (χ1v) is 9.93. The Labute approximate surface area is 150 Å². The Balaban J connectivity index is 1.99. The van der Waals surface area contributed by atoms with Gasteiger partial charge in [0.1, 0.15) is 5.75 Å². The van der Waals surface area contributed by atoms with Gasteiger partial charge in [-0.3, -0.25) is 4.57 Å².